The number of nitrogens with zero attached hydrogens (tertiary/aromatic N) is 1. The Balaban J connectivity index is 2.09. The molecule has 4 heteroatoms. The molecule has 0 spiro atoms. The molecule has 1 aliphatic heterocycles. The van der Waals surface area contributed by atoms with Crippen LogP contribution in [0.4, 0.5) is 4.79 Å². The first kappa shape index (κ1) is 13.7. The van der Waals surface area contributed by atoms with Crippen LogP contribution in [-0.2, 0) is 4.74 Å². The predicted molar refractivity (Wildman–Crippen MR) is 71.3 cm³/mol. The van der Waals surface area contributed by atoms with Gasteiger partial charge in [0.2, 0.25) is 0 Å². The topological polar surface area (TPSA) is 55.6 Å². The Morgan fingerprint density at radius 1 is 1.22 bits per heavy atom. The van der Waals surface area contributed by atoms with E-state index >= 15 is 0 Å². The number of amides is 1. The molecule has 0 aromatic carbocycles. The summed E-state index contributed by atoms with van der Waals surface area (Å²) in [6.45, 7) is 6.55. The van der Waals surface area contributed by atoms with Gasteiger partial charge in [-0.15, -0.1) is 0 Å². The van der Waals surface area contributed by atoms with Crippen LogP contribution in [0.1, 0.15) is 52.9 Å². The zero-order valence-electron chi connectivity index (χ0n) is 11.8. The Morgan fingerprint density at radius 2 is 1.94 bits per heavy atom. The number of fused-ring (bicyclic) bond motifs is 1. The minimum Gasteiger partial charge on any atom is -0.444 e. The smallest absolute Gasteiger partial charge is 0.410 e. The number of ether oxygens (including phenoxy) is 1. The summed E-state index contributed by atoms with van der Waals surface area (Å²) in [6.07, 6.45) is 5.28. The summed E-state index contributed by atoms with van der Waals surface area (Å²) in [4.78, 5) is 14.2. The van der Waals surface area contributed by atoms with Gasteiger partial charge >= 0.3 is 6.09 Å². The Bertz CT molecular complexity index is 311. The molecule has 0 aromatic rings. The van der Waals surface area contributed by atoms with E-state index in [0.29, 0.717) is 12.0 Å². The molecular weight excluding hydrogens is 228 g/mol. The van der Waals surface area contributed by atoms with Crippen LogP contribution in [0.15, 0.2) is 0 Å². The molecule has 1 heterocycles. The van der Waals surface area contributed by atoms with Crippen molar-refractivity contribution < 1.29 is 9.53 Å². The molecule has 3 unspecified atom stereocenters. The third kappa shape index (κ3) is 2.97. The number of hydrogen-bond acceptors (Lipinski definition) is 3. The van der Waals surface area contributed by atoms with Crippen molar-refractivity contribution in [3.63, 3.8) is 0 Å². The number of nitrogens with two attached hydrogens (primary N) is 1. The molecule has 0 radical (unpaired) electrons. The van der Waals surface area contributed by atoms with Crippen LogP contribution >= 0.6 is 0 Å². The first-order chi connectivity index (χ1) is 8.38. The minimum atomic E-state index is -0.417. The van der Waals surface area contributed by atoms with Crippen LogP contribution in [0.25, 0.3) is 0 Å². The monoisotopic (exact) mass is 254 g/mol. The lowest BCUT2D eigenvalue weighted by Crippen LogP contribution is -2.46. The van der Waals surface area contributed by atoms with Gasteiger partial charge in [0.05, 0.1) is 0 Å². The maximum absolute atomic E-state index is 12.3. The van der Waals surface area contributed by atoms with Gasteiger partial charge in [-0.3, -0.25) is 0 Å². The zero-order valence-corrected chi connectivity index (χ0v) is 11.8. The van der Waals surface area contributed by atoms with Crippen molar-refractivity contribution in [2.45, 2.75) is 70.6 Å². The van der Waals surface area contributed by atoms with Crippen molar-refractivity contribution >= 4 is 6.09 Å². The molecule has 3 atom stereocenters. The van der Waals surface area contributed by atoms with Gasteiger partial charge in [-0.25, -0.2) is 4.79 Å². The van der Waals surface area contributed by atoms with Gasteiger partial charge in [0.1, 0.15) is 5.60 Å². The fourth-order valence-corrected chi connectivity index (χ4v) is 3.28. The molecule has 0 aromatic heterocycles. The lowest BCUT2D eigenvalue weighted by atomic mass is 9.93. The van der Waals surface area contributed by atoms with E-state index in [1.54, 1.807) is 0 Å². The van der Waals surface area contributed by atoms with E-state index in [2.05, 4.69) is 0 Å². The molecular formula is C14H26N2O2. The maximum atomic E-state index is 12.3. The highest BCUT2D eigenvalue weighted by molar-refractivity contribution is 5.68. The quantitative estimate of drug-likeness (QED) is 0.722. The molecule has 2 aliphatic rings. The highest BCUT2D eigenvalue weighted by atomic mass is 16.6. The molecule has 4 nitrogen and oxygen atoms in total. The second-order valence-corrected chi connectivity index (χ2v) is 6.64. The van der Waals surface area contributed by atoms with Crippen LogP contribution in [0.2, 0.25) is 0 Å². The highest BCUT2D eigenvalue weighted by Crippen LogP contribution is 2.36. The van der Waals surface area contributed by atoms with Crippen molar-refractivity contribution in [2.75, 3.05) is 6.54 Å². The molecule has 1 aliphatic carbocycles. The normalized spacial score (nSPS) is 32.9. The van der Waals surface area contributed by atoms with Crippen molar-refractivity contribution in [1.29, 1.82) is 0 Å². The summed E-state index contributed by atoms with van der Waals surface area (Å²) in [5.74, 6) is 0.472. The average molecular weight is 254 g/mol. The number of hydrogen-bond donors (Lipinski definition) is 1. The Labute approximate surface area is 110 Å². The van der Waals surface area contributed by atoms with Crippen LogP contribution in [0, 0.1) is 5.92 Å². The van der Waals surface area contributed by atoms with Crippen molar-refractivity contribution in [3.8, 4) is 0 Å². The van der Waals surface area contributed by atoms with Crippen molar-refractivity contribution in [2.24, 2.45) is 11.7 Å². The van der Waals surface area contributed by atoms with Crippen LogP contribution in [0.3, 0.4) is 0 Å². The van der Waals surface area contributed by atoms with Gasteiger partial charge in [0.25, 0.3) is 0 Å². The van der Waals surface area contributed by atoms with Crippen molar-refractivity contribution in [3.05, 3.63) is 0 Å². The average Bonchev–Trinajstić information content (AvgIpc) is 2.64. The molecule has 2 N–H and O–H groups in total. The first-order valence-electron chi connectivity index (χ1n) is 7.14. The van der Waals surface area contributed by atoms with Crippen LogP contribution in [0.5, 0.6) is 0 Å². The molecule has 2 fully saturated rings. The largest absolute Gasteiger partial charge is 0.444 e. The number of likely N-dealkylation sites (tertiary alicyclic amines) is 1. The number of rotatable bonds is 0. The highest BCUT2D eigenvalue weighted by Gasteiger charge is 2.40. The molecule has 0 bridgehead atoms. The zero-order chi connectivity index (χ0) is 13.3. The number of carbonyl (C=O) groups excluding carboxylic acids is 1. The standard InChI is InChI=1S/C14H26N2O2/c1-14(2,3)18-13(17)16-9-5-7-11(15)10-6-4-8-12(10)16/h10-12H,4-9,15H2,1-3H3. The Kier molecular flexibility index (Phi) is 3.85. The summed E-state index contributed by atoms with van der Waals surface area (Å²) in [7, 11) is 0. The van der Waals surface area contributed by atoms with Gasteiger partial charge < -0.3 is 15.4 Å². The third-order valence-electron chi connectivity index (χ3n) is 4.05. The summed E-state index contributed by atoms with van der Waals surface area (Å²) in [5.41, 5.74) is 5.81. The van der Waals surface area contributed by atoms with E-state index in [1.807, 2.05) is 25.7 Å². The second kappa shape index (κ2) is 5.08. The molecule has 18 heavy (non-hydrogen) atoms. The van der Waals surface area contributed by atoms with Gasteiger partial charge in [-0.2, -0.15) is 0 Å². The van der Waals surface area contributed by atoms with Gasteiger partial charge in [-0.05, 0) is 52.4 Å². The minimum absolute atomic E-state index is 0.159. The van der Waals surface area contributed by atoms with Crippen LogP contribution < -0.4 is 5.73 Å². The van der Waals surface area contributed by atoms with E-state index in [-0.39, 0.29) is 12.1 Å². The lowest BCUT2D eigenvalue weighted by molar-refractivity contribution is 0.0137. The molecule has 1 amide bonds. The van der Waals surface area contributed by atoms with E-state index in [1.165, 1.54) is 6.42 Å². The maximum Gasteiger partial charge on any atom is 0.410 e. The Hall–Kier alpha value is -0.770. The van der Waals surface area contributed by atoms with E-state index < -0.39 is 5.60 Å². The summed E-state index contributed by atoms with van der Waals surface area (Å²) in [6, 6.07) is 0.558. The second-order valence-electron chi connectivity index (χ2n) is 6.64. The summed E-state index contributed by atoms with van der Waals surface area (Å²) >= 11 is 0. The van der Waals surface area contributed by atoms with Crippen LogP contribution in [-0.4, -0.2) is 35.2 Å². The fraction of sp³-hybridized carbons (Fsp3) is 0.929. The molecule has 1 saturated heterocycles. The van der Waals surface area contributed by atoms with E-state index in [0.717, 1.165) is 32.2 Å². The predicted octanol–water partition coefficient (Wildman–Crippen LogP) is 2.51. The summed E-state index contributed by atoms with van der Waals surface area (Å²) < 4.78 is 5.52. The van der Waals surface area contributed by atoms with Gasteiger partial charge in [-0.1, -0.05) is 6.42 Å². The SMILES string of the molecule is CC(C)(C)OC(=O)N1CCCC(N)C2CCCC21. The lowest BCUT2D eigenvalue weighted by Gasteiger charge is -2.33. The Morgan fingerprint density at radius 3 is 2.61 bits per heavy atom. The van der Waals surface area contributed by atoms with Gasteiger partial charge in [0, 0.05) is 18.6 Å². The first-order valence-corrected chi connectivity index (χ1v) is 7.14. The summed E-state index contributed by atoms with van der Waals surface area (Å²) in [5, 5.41) is 0. The van der Waals surface area contributed by atoms with E-state index in [9.17, 15) is 4.79 Å². The van der Waals surface area contributed by atoms with E-state index in [4.69, 9.17) is 10.5 Å². The molecule has 104 valence electrons. The molecule has 1 saturated carbocycles. The third-order valence-corrected chi connectivity index (χ3v) is 4.05. The molecule has 2 rings (SSSR count). The van der Waals surface area contributed by atoms with Crippen molar-refractivity contribution in [1.82, 2.24) is 4.90 Å². The van der Waals surface area contributed by atoms with Gasteiger partial charge in [0.15, 0.2) is 0 Å². The number of carbonyl (C=O) groups is 1. The fourth-order valence-electron chi connectivity index (χ4n) is 3.28.